The highest BCUT2D eigenvalue weighted by molar-refractivity contribution is 6.31. The predicted molar refractivity (Wildman–Crippen MR) is 72.9 cm³/mol. The third kappa shape index (κ3) is 3.04. The molecule has 3 unspecified atom stereocenters. The maximum absolute atomic E-state index is 6.09. The molecule has 2 rings (SSSR count). The van der Waals surface area contributed by atoms with Crippen LogP contribution in [0.5, 0.6) is 0 Å². The molecule has 100 valence electrons. The van der Waals surface area contributed by atoms with Crippen molar-refractivity contribution in [3.63, 3.8) is 0 Å². The van der Waals surface area contributed by atoms with Gasteiger partial charge < -0.3 is 14.8 Å². The lowest BCUT2D eigenvalue weighted by molar-refractivity contribution is -0.139. The summed E-state index contributed by atoms with van der Waals surface area (Å²) in [5.41, 5.74) is 1.03. The van der Waals surface area contributed by atoms with E-state index in [4.69, 9.17) is 21.1 Å². The lowest BCUT2D eigenvalue weighted by Gasteiger charge is -2.43. The van der Waals surface area contributed by atoms with Crippen LogP contribution in [0, 0.1) is 0 Å². The van der Waals surface area contributed by atoms with E-state index in [1.54, 1.807) is 7.11 Å². The average molecular weight is 270 g/mol. The Kier molecular flexibility index (Phi) is 5.01. The number of benzene rings is 1. The fourth-order valence-electron chi connectivity index (χ4n) is 2.33. The van der Waals surface area contributed by atoms with Gasteiger partial charge in [0.2, 0.25) is 0 Å². The molecule has 1 aliphatic carbocycles. The molecule has 0 radical (unpaired) electrons. The molecule has 0 bridgehead atoms. The third-order valence-electron chi connectivity index (χ3n) is 3.40. The van der Waals surface area contributed by atoms with Crippen LogP contribution in [-0.4, -0.2) is 31.9 Å². The number of rotatable bonds is 6. The second kappa shape index (κ2) is 6.53. The summed E-state index contributed by atoms with van der Waals surface area (Å²) < 4.78 is 11.3. The van der Waals surface area contributed by atoms with Crippen LogP contribution in [0.1, 0.15) is 18.9 Å². The molecule has 1 aromatic carbocycles. The first-order valence-corrected chi connectivity index (χ1v) is 6.75. The molecule has 0 aromatic heterocycles. The highest BCUT2D eigenvalue weighted by atomic mass is 35.5. The van der Waals surface area contributed by atoms with Crippen LogP contribution in [0.4, 0.5) is 0 Å². The van der Waals surface area contributed by atoms with E-state index in [2.05, 4.69) is 12.2 Å². The zero-order chi connectivity index (χ0) is 13.0. The number of likely N-dealkylation sites (N-methyl/N-ethyl adjacent to an activating group) is 1. The van der Waals surface area contributed by atoms with E-state index >= 15 is 0 Å². The molecule has 3 nitrogen and oxygen atoms in total. The first kappa shape index (κ1) is 13.8. The zero-order valence-electron chi connectivity index (χ0n) is 10.9. The predicted octanol–water partition coefficient (Wildman–Crippen LogP) is 2.62. The second-order valence-corrected chi connectivity index (χ2v) is 4.95. The van der Waals surface area contributed by atoms with Gasteiger partial charge in [0.05, 0.1) is 18.8 Å². The van der Waals surface area contributed by atoms with Crippen molar-refractivity contribution >= 4 is 11.6 Å². The molecule has 0 amide bonds. The van der Waals surface area contributed by atoms with Crippen LogP contribution < -0.4 is 5.32 Å². The maximum atomic E-state index is 6.09. The van der Waals surface area contributed by atoms with Crippen molar-refractivity contribution in [3.05, 3.63) is 34.9 Å². The molecule has 0 spiro atoms. The first-order valence-electron chi connectivity index (χ1n) is 6.37. The number of halogens is 1. The van der Waals surface area contributed by atoms with Gasteiger partial charge in [-0.15, -0.1) is 0 Å². The van der Waals surface area contributed by atoms with Crippen molar-refractivity contribution in [1.82, 2.24) is 5.32 Å². The van der Waals surface area contributed by atoms with Crippen LogP contribution in [-0.2, 0) is 16.1 Å². The standard InChI is InChI=1S/C14H20ClNO2/c1-3-16-12-8-13(14(12)17-2)18-9-10-6-4-5-7-11(10)15/h4-7,12-14,16H,3,8-9H2,1-2H3. The number of ether oxygens (including phenoxy) is 2. The molecule has 3 atom stereocenters. The normalized spacial score (nSPS) is 26.9. The molecule has 18 heavy (non-hydrogen) atoms. The maximum Gasteiger partial charge on any atom is 0.0987 e. The minimum atomic E-state index is 0.146. The SMILES string of the molecule is CCNC1CC(OCc2ccccc2Cl)C1OC. The van der Waals surface area contributed by atoms with Gasteiger partial charge in [-0.3, -0.25) is 0 Å². The van der Waals surface area contributed by atoms with Crippen LogP contribution in [0.3, 0.4) is 0 Å². The van der Waals surface area contributed by atoms with Gasteiger partial charge in [0.1, 0.15) is 0 Å². The molecular formula is C14H20ClNO2. The van der Waals surface area contributed by atoms with Crippen molar-refractivity contribution in [2.45, 2.75) is 38.2 Å². The highest BCUT2D eigenvalue weighted by Gasteiger charge is 2.41. The van der Waals surface area contributed by atoms with Crippen LogP contribution in [0.2, 0.25) is 5.02 Å². The van der Waals surface area contributed by atoms with E-state index in [9.17, 15) is 0 Å². The fourth-order valence-corrected chi connectivity index (χ4v) is 2.52. The van der Waals surface area contributed by atoms with Crippen molar-refractivity contribution in [1.29, 1.82) is 0 Å². The van der Waals surface area contributed by atoms with Gasteiger partial charge in [0.25, 0.3) is 0 Å². The number of methoxy groups -OCH3 is 1. The third-order valence-corrected chi connectivity index (χ3v) is 3.77. The van der Waals surface area contributed by atoms with Gasteiger partial charge in [-0.2, -0.15) is 0 Å². The summed E-state index contributed by atoms with van der Waals surface area (Å²) in [4.78, 5) is 0. The molecule has 1 aliphatic rings. The first-order chi connectivity index (χ1) is 8.76. The summed E-state index contributed by atoms with van der Waals surface area (Å²) in [5.74, 6) is 0. The van der Waals surface area contributed by atoms with Crippen LogP contribution in [0.25, 0.3) is 0 Å². The molecular weight excluding hydrogens is 250 g/mol. The second-order valence-electron chi connectivity index (χ2n) is 4.54. The topological polar surface area (TPSA) is 30.5 Å². The van der Waals surface area contributed by atoms with Gasteiger partial charge in [-0.25, -0.2) is 0 Å². The van der Waals surface area contributed by atoms with Crippen LogP contribution in [0.15, 0.2) is 24.3 Å². The molecule has 0 saturated heterocycles. The lowest BCUT2D eigenvalue weighted by atomic mass is 9.85. The molecule has 1 aromatic rings. The zero-order valence-corrected chi connectivity index (χ0v) is 11.6. The van der Waals surface area contributed by atoms with Crippen LogP contribution >= 0.6 is 11.6 Å². The van der Waals surface area contributed by atoms with Gasteiger partial charge in [-0.05, 0) is 24.6 Å². The molecule has 4 heteroatoms. The number of hydrogen-bond acceptors (Lipinski definition) is 3. The summed E-state index contributed by atoms with van der Waals surface area (Å²) in [7, 11) is 1.74. The minimum absolute atomic E-state index is 0.146. The molecule has 1 saturated carbocycles. The quantitative estimate of drug-likeness (QED) is 0.861. The Morgan fingerprint density at radius 2 is 2.17 bits per heavy atom. The Morgan fingerprint density at radius 1 is 1.39 bits per heavy atom. The molecule has 0 heterocycles. The fraction of sp³-hybridized carbons (Fsp3) is 0.571. The Morgan fingerprint density at radius 3 is 2.83 bits per heavy atom. The Bertz CT molecular complexity index is 386. The van der Waals surface area contributed by atoms with Crippen molar-refractivity contribution < 1.29 is 9.47 Å². The minimum Gasteiger partial charge on any atom is -0.377 e. The number of nitrogens with one attached hydrogen (secondary N) is 1. The molecule has 0 aliphatic heterocycles. The van der Waals surface area contributed by atoms with Gasteiger partial charge in [0.15, 0.2) is 0 Å². The summed E-state index contributed by atoms with van der Waals surface area (Å²) >= 11 is 6.09. The van der Waals surface area contributed by atoms with Crippen molar-refractivity contribution in [3.8, 4) is 0 Å². The average Bonchev–Trinajstić information content (AvgIpc) is 2.35. The summed E-state index contributed by atoms with van der Waals surface area (Å²) in [6.07, 6.45) is 1.30. The van der Waals surface area contributed by atoms with Gasteiger partial charge in [-0.1, -0.05) is 36.7 Å². The summed E-state index contributed by atoms with van der Waals surface area (Å²) in [5, 5.41) is 4.15. The van der Waals surface area contributed by atoms with Gasteiger partial charge >= 0.3 is 0 Å². The highest BCUT2D eigenvalue weighted by Crippen LogP contribution is 2.28. The summed E-state index contributed by atoms with van der Waals surface area (Å²) in [6, 6.07) is 8.19. The van der Waals surface area contributed by atoms with E-state index in [1.165, 1.54) is 0 Å². The van der Waals surface area contributed by atoms with E-state index in [1.807, 2.05) is 24.3 Å². The summed E-state index contributed by atoms with van der Waals surface area (Å²) in [6.45, 7) is 3.61. The molecule has 1 fully saturated rings. The Hall–Kier alpha value is -0.610. The van der Waals surface area contributed by atoms with E-state index in [0.29, 0.717) is 12.6 Å². The smallest absolute Gasteiger partial charge is 0.0987 e. The Balaban J connectivity index is 1.83. The van der Waals surface area contributed by atoms with E-state index in [0.717, 1.165) is 23.6 Å². The van der Waals surface area contributed by atoms with Crippen molar-refractivity contribution in [2.75, 3.05) is 13.7 Å². The largest absolute Gasteiger partial charge is 0.377 e. The van der Waals surface area contributed by atoms with Gasteiger partial charge in [0, 0.05) is 18.2 Å². The Labute approximate surface area is 113 Å². The van der Waals surface area contributed by atoms with Crippen molar-refractivity contribution in [2.24, 2.45) is 0 Å². The number of hydrogen-bond donors (Lipinski definition) is 1. The van der Waals surface area contributed by atoms with E-state index in [-0.39, 0.29) is 12.2 Å². The van der Waals surface area contributed by atoms with E-state index < -0.39 is 0 Å². The lowest BCUT2D eigenvalue weighted by Crippen LogP contribution is -2.59. The monoisotopic (exact) mass is 269 g/mol. The molecule has 1 N–H and O–H groups in total.